The van der Waals surface area contributed by atoms with Crippen LogP contribution in [0.1, 0.15) is 112 Å². The maximum absolute atomic E-state index is 10.8. The molecule has 2 spiro atoms. The highest BCUT2D eigenvalue weighted by Crippen LogP contribution is 2.89. The quantitative estimate of drug-likeness (QED) is 0.444. The fourth-order valence-corrected chi connectivity index (χ4v) is 11.2. The zero-order valence-electron chi connectivity index (χ0n) is 21.8. The van der Waals surface area contributed by atoms with Gasteiger partial charge < -0.3 is 10.2 Å². The normalized spacial score (nSPS) is 52.8. The second-order valence-electron chi connectivity index (χ2n) is 14.4. The first kappa shape index (κ1) is 23.4. The van der Waals surface area contributed by atoms with Crippen molar-refractivity contribution in [2.75, 3.05) is 0 Å². The minimum Gasteiger partial charge on any atom is -0.393 e. The molecule has 2 heteroatoms. The number of hydrogen-bond acceptors (Lipinski definition) is 2. The maximum Gasteiger partial charge on any atom is 0.0744 e. The Labute approximate surface area is 197 Å². The molecule has 2 N–H and O–H groups in total. The Hall–Kier alpha value is -0.340. The largest absolute Gasteiger partial charge is 0.393 e. The van der Waals surface area contributed by atoms with E-state index in [1.165, 1.54) is 51.4 Å². The molecular weight excluding hydrogens is 392 g/mol. The van der Waals surface area contributed by atoms with Crippen molar-refractivity contribution in [2.45, 2.75) is 124 Å². The molecule has 0 heterocycles. The van der Waals surface area contributed by atoms with Crippen LogP contribution in [0.4, 0.5) is 0 Å². The van der Waals surface area contributed by atoms with Gasteiger partial charge in [0.1, 0.15) is 0 Å². The minimum atomic E-state index is -0.334. The van der Waals surface area contributed by atoms with E-state index in [0.29, 0.717) is 27.6 Å². The topological polar surface area (TPSA) is 40.5 Å². The molecule has 0 aliphatic heterocycles. The zero-order chi connectivity index (χ0) is 23.3. The minimum absolute atomic E-state index is 0.0885. The second-order valence-corrected chi connectivity index (χ2v) is 14.4. The standard InChI is InChI=1S/C30H50O2/c1-19(2)22(31)9-8-20(3)21-12-14-28(7)24-11-10-23-26(4,5)25(32)13-15-29(23)18-30(24,29)17-16-27(21,28)6/h20-25,31-32H,1,8-18H2,2-7H3/t20?,21-,22?,23+,24+,25+,27-,28+,29-,30+/m1/s1. The molecule has 5 aliphatic rings. The fourth-order valence-electron chi connectivity index (χ4n) is 11.2. The van der Waals surface area contributed by atoms with Crippen LogP contribution in [0.2, 0.25) is 0 Å². The Morgan fingerprint density at radius 3 is 2.22 bits per heavy atom. The third-order valence-electron chi connectivity index (χ3n) is 13.3. The van der Waals surface area contributed by atoms with Gasteiger partial charge in [-0.05, 0) is 128 Å². The summed E-state index contributed by atoms with van der Waals surface area (Å²) >= 11 is 0. The molecule has 0 aromatic carbocycles. The van der Waals surface area contributed by atoms with Crippen molar-refractivity contribution < 1.29 is 10.2 Å². The summed E-state index contributed by atoms with van der Waals surface area (Å²) in [7, 11) is 0. The third-order valence-corrected chi connectivity index (χ3v) is 13.3. The van der Waals surface area contributed by atoms with Crippen LogP contribution < -0.4 is 0 Å². The Balaban J connectivity index is 1.39. The van der Waals surface area contributed by atoms with Crippen LogP contribution in [0.5, 0.6) is 0 Å². The van der Waals surface area contributed by atoms with E-state index in [1.807, 2.05) is 6.92 Å². The molecule has 182 valence electrons. The van der Waals surface area contributed by atoms with Crippen molar-refractivity contribution in [3.8, 4) is 0 Å². The lowest BCUT2D eigenvalue weighted by molar-refractivity contribution is -0.161. The number of aliphatic hydroxyl groups is 2. The molecule has 0 radical (unpaired) electrons. The van der Waals surface area contributed by atoms with Crippen LogP contribution in [0.3, 0.4) is 0 Å². The van der Waals surface area contributed by atoms with Crippen LogP contribution >= 0.6 is 0 Å². The van der Waals surface area contributed by atoms with Gasteiger partial charge in [0.05, 0.1) is 12.2 Å². The highest BCUT2D eigenvalue weighted by atomic mass is 16.3. The van der Waals surface area contributed by atoms with E-state index >= 15 is 0 Å². The Bertz CT molecular complexity index is 786. The summed E-state index contributed by atoms with van der Waals surface area (Å²) in [5, 5.41) is 21.2. The smallest absolute Gasteiger partial charge is 0.0744 e. The average molecular weight is 443 g/mol. The molecule has 0 amide bonds. The van der Waals surface area contributed by atoms with Crippen LogP contribution in [0, 0.1) is 50.7 Å². The summed E-state index contributed by atoms with van der Waals surface area (Å²) in [6.45, 7) is 18.5. The molecule has 0 aromatic rings. The van der Waals surface area contributed by atoms with E-state index in [9.17, 15) is 10.2 Å². The van der Waals surface area contributed by atoms with Gasteiger partial charge in [-0.1, -0.05) is 46.8 Å². The van der Waals surface area contributed by atoms with Crippen molar-refractivity contribution in [3.05, 3.63) is 12.2 Å². The molecule has 32 heavy (non-hydrogen) atoms. The van der Waals surface area contributed by atoms with Crippen LogP contribution in [0.25, 0.3) is 0 Å². The monoisotopic (exact) mass is 442 g/mol. The van der Waals surface area contributed by atoms with Crippen molar-refractivity contribution in [3.63, 3.8) is 0 Å². The van der Waals surface area contributed by atoms with Gasteiger partial charge in [0.15, 0.2) is 0 Å². The summed E-state index contributed by atoms with van der Waals surface area (Å²) in [5.74, 6) is 3.08. The van der Waals surface area contributed by atoms with Gasteiger partial charge in [-0.2, -0.15) is 0 Å². The van der Waals surface area contributed by atoms with Gasteiger partial charge in [0, 0.05) is 0 Å². The molecule has 5 aliphatic carbocycles. The van der Waals surface area contributed by atoms with Gasteiger partial charge in [-0.25, -0.2) is 0 Å². The van der Waals surface area contributed by atoms with Crippen LogP contribution in [-0.2, 0) is 0 Å². The van der Waals surface area contributed by atoms with Crippen LogP contribution in [-0.4, -0.2) is 22.4 Å². The maximum atomic E-state index is 10.8. The van der Waals surface area contributed by atoms with E-state index in [2.05, 4.69) is 41.2 Å². The molecular formula is C30H50O2. The van der Waals surface area contributed by atoms with Gasteiger partial charge in [-0.15, -0.1) is 0 Å². The summed E-state index contributed by atoms with van der Waals surface area (Å²) in [5.41, 5.74) is 3.03. The van der Waals surface area contributed by atoms with Gasteiger partial charge in [-0.3, -0.25) is 0 Å². The predicted molar refractivity (Wildman–Crippen MR) is 132 cm³/mol. The molecule has 5 rings (SSSR count). The van der Waals surface area contributed by atoms with Crippen molar-refractivity contribution >= 4 is 0 Å². The number of rotatable bonds is 5. The third kappa shape index (κ3) is 2.72. The lowest BCUT2D eigenvalue weighted by Gasteiger charge is -2.63. The van der Waals surface area contributed by atoms with Crippen molar-refractivity contribution in [2.24, 2.45) is 50.7 Å². The van der Waals surface area contributed by atoms with Crippen molar-refractivity contribution in [1.82, 2.24) is 0 Å². The van der Waals surface area contributed by atoms with E-state index in [-0.39, 0.29) is 17.6 Å². The highest BCUT2D eigenvalue weighted by molar-refractivity contribution is 5.30. The van der Waals surface area contributed by atoms with E-state index in [0.717, 1.165) is 42.6 Å². The summed E-state index contributed by atoms with van der Waals surface area (Å²) in [6.07, 6.45) is 13.7. The highest BCUT2D eigenvalue weighted by Gasteiger charge is 2.82. The summed E-state index contributed by atoms with van der Waals surface area (Å²) in [6, 6.07) is 0. The first-order valence-electron chi connectivity index (χ1n) is 13.9. The lowest BCUT2D eigenvalue weighted by atomic mass is 9.41. The van der Waals surface area contributed by atoms with Gasteiger partial charge in [0.2, 0.25) is 0 Å². The summed E-state index contributed by atoms with van der Waals surface area (Å²) < 4.78 is 0. The number of aliphatic hydroxyl groups excluding tert-OH is 2. The molecule has 0 bridgehead atoms. The first-order chi connectivity index (χ1) is 14.9. The SMILES string of the molecule is C=C(C)C(O)CCC(C)[C@H]1CC[C@@]2(C)[C@@H]3CC[C@H]4C(C)(C)[C@@H](O)CC[C@@]45C[C@@]35CC[C@]12C. The Morgan fingerprint density at radius 2 is 1.53 bits per heavy atom. The predicted octanol–water partition coefficient (Wildman–Crippen LogP) is 7.14. The first-order valence-corrected chi connectivity index (χ1v) is 13.9. The second kappa shape index (κ2) is 7.09. The lowest BCUT2D eigenvalue weighted by Crippen LogP contribution is -2.57. The number of fused-ring (bicyclic) bond motifs is 2. The molecule has 0 saturated heterocycles. The van der Waals surface area contributed by atoms with Crippen LogP contribution in [0.15, 0.2) is 12.2 Å². The van der Waals surface area contributed by atoms with E-state index in [1.54, 1.807) is 0 Å². The molecule has 2 nitrogen and oxygen atoms in total. The Morgan fingerprint density at radius 1 is 0.875 bits per heavy atom. The average Bonchev–Trinajstić information content (AvgIpc) is 3.31. The van der Waals surface area contributed by atoms with Gasteiger partial charge in [0.25, 0.3) is 0 Å². The molecule has 0 aromatic heterocycles. The van der Waals surface area contributed by atoms with E-state index in [4.69, 9.17) is 0 Å². The van der Waals surface area contributed by atoms with Crippen molar-refractivity contribution in [1.29, 1.82) is 0 Å². The van der Waals surface area contributed by atoms with E-state index < -0.39 is 0 Å². The molecule has 10 atom stereocenters. The Kier molecular flexibility index (Phi) is 5.19. The number of hydrogen-bond donors (Lipinski definition) is 2. The zero-order valence-corrected chi connectivity index (χ0v) is 21.8. The van der Waals surface area contributed by atoms with Gasteiger partial charge >= 0.3 is 0 Å². The fraction of sp³-hybridized carbons (Fsp3) is 0.933. The molecule has 5 saturated carbocycles. The molecule has 2 unspecified atom stereocenters. The summed E-state index contributed by atoms with van der Waals surface area (Å²) in [4.78, 5) is 0. The molecule has 5 fully saturated rings.